The van der Waals surface area contributed by atoms with Gasteiger partial charge in [0.1, 0.15) is 0 Å². The number of aromatic nitrogens is 3. The van der Waals surface area contributed by atoms with Crippen LogP contribution in [0.25, 0.3) is 22.5 Å². The van der Waals surface area contributed by atoms with Crippen molar-refractivity contribution in [1.29, 1.82) is 0 Å². The van der Waals surface area contributed by atoms with Gasteiger partial charge in [-0.2, -0.15) is 0 Å². The Kier molecular flexibility index (Phi) is 6.55. The number of anilines is 1. The molecule has 0 unspecified atom stereocenters. The minimum atomic E-state index is 0.153. The SMILES string of the molecule is CN(C)c1ncc(-c2ccccn2)c(-c2ccc(CNC(=O)CC3CCCC3)cc2)n1. The second kappa shape index (κ2) is 9.69. The largest absolute Gasteiger partial charge is 0.352 e. The molecule has 1 aliphatic carbocycles. The Labute approximate surface area is 183 Å². The number of carbonyl (C=O) groups excluding carboxylic acids is 1. The minimum absolute atomic E-state index is 0.153. The smallest absolute Gasteiger partial charge is 0.225 e. The molecule has 1 saturated carbocycles. The maximum absolute atomic E-state index is 12.2. The molecule has 6 nitrogen and oxygen atoms in total. The molecule has 160 valence electrons. The number of amides is 1. The number of nitrogens with one attached hydrogen (secondary N) is 1. The van der Waals surface area contributed by atoms with E-state index in [0.29, 0.717) is 24.8 Å². The third-order valence-corrected chi connectivity index (χ3v) is 5.78. The molecule has 0 bridgehead atoms. The highest BCUT2D eigenvalue weighted by atomic mass is 16.1. The zero-order valence-corrected chi connectivity index (χ0v) is 18.2. The average molecular weight is 416 g/mol. The van der Waals surface area contributed by atoms with Gasteiger partial charge >= 0.3 is 0 Å². The van der Waals surface area contributed by atoms with Gasteiger partial charge in [-0.15, -0.1) is 0 Å². The molecule has 1 aromatic carbocycles. The number of carbonyl (C=O) groups is 1. The zero-order chi connectivity index (χ0) is 21.6. The van der Waals surface area contributed by atoms with Crippen LogP contribution in [0.3, 0.4) is 0 Å². The second-order valence-electron chi connectivity index (χ2n) is 8.37. The van der Waals surface area contributed by atoms with Crippen molar-refractivity contribution < 1.29 is 4.79 Å². The van der Waals surface area contributed by atoms with Crippen LogP contribution >= 0.6 is 0 Å². The lowest BCUT2D eigenvalue weighted by atomic mass is 10.0. The van der Waals surface area contributed by atoms with Crippen molar-refractivity contribution in [3.63, 3.8) is 0 Å². The van der Waals surface area contributed by atoms with Crippen molar-refractivity contribution >= 4 is 11.9 Å². The molecule has 1 amide bonds. The molecule has 31 heavy (non-hydrogen) atoms. The lowest BCUT2D eigenvalue weighted by molar-refractivity contribution is -0.122. The normalized spacial score (nSPS) is 13.9. The molecule has 0 saturated heterocycles. The summed E-state index contributed by atoms with van der Waals surface area (Å²) in [5.74, 6) is 1.37. The maximum Gasteiger partial charge on any atom is 0.225 e. The first-order valence-electron chi connectivity index (χ1n) is 10.9. The summed E-state index contributed by atoms with van der Waals surface area (Å²) >= 11 is 0. The van der Waals surface area contributed by atoms with E-state index in [-0.39, 0.29) is 5.91 Å². The van der Waals surface area contributed by atoms with E-state index in [1.165, 1.54) is 25.7 Å². The first-order chi connectivity index (χ1) is 15.1. The lowest BCUT2D eigenvalue weighted by Crippen LogP contribution is -2.24. The van der Waals surface area contributed by atoms with Crippen molar-refractivity contribution in [1.82, 2.24) is 20.3 Å². The Bertz CT molecular complexity index is 1010. The second-order valence-corrected chi connectivity index (χ2v) is 8.37. The van der Waals surface area contributed by atoms with Crippen LogP contribution in [0.2, 0.25) is 0 Å². The third-order valence-electron chi connectivity index (χ3n) is 5.78. The van der Waals surface area contributed by atoms with Crippen LogP contribution in [0.5, 0.6) is 0 Å². The van der Waals surface area contributed by atoms with Crippen molar-refractivity contribution in [3.8, 4) is 22.5 Å². The highest BCUT2D eigenvalue weighted by Gasteiger charge is 2.18. The van der Waals surface area contributed by atoms with Gasteiger partial charge in [-0.1, -0.05) is 43.2 Å². The maximum atomic E-state index is 12.2. The quantitative estimate of drug-likeness (QED) is 0.617. The Morgan fingerprint density at radius 2 is 1.84 bits per heavy atom. The summed E-state index contributed by atoms with van der Waals surface area (Å²) in [5, 5.41) is 3.07. The molecule has 1 N–H and O–H groups in total. The van der Waals surface area contributed by atoms with E-state index in [4.69, 9.17) is 4.98 Å². The minimum Gasteiger partial charge on any atom is -0.352 e. The molecular formula is C25H29N5O. The van der Waals surface area contributed by atoms with Gasteiger partial charge in [-0.05, 0) is 36.5 Å². The Morgan fingerprint density at radius 1 is 1.06 bits per heavy atom. The van der Waals surface area contributed by atoms with Gasteiger partial charge in [0.25, 0.3) is 0 Å². The van der Waals surface area contributed by atoms with Gasteiger partial charge in [0.05, 0.1) is 11.4 Å². The number of hydrogen-bond donors (Lipinski definition) is 1. The van der Waals surface area contributed by atoms with Gasteiger partial charge in [-0.25, -0.2) is 9.97 Å². The van der Waals surface area contributed by atoms with E-state index >= 15 is 0 Å². The lowest BCUT2D eigenvalue weighted by Gasteiger charge is -2.15. The summed E-state index contributed by atoms with van der Waals surface area (Å²) in [4.78, 5) is 27.9. The molecule has 6 heteroatoms. The molecule has 2 aromatic heterocycles. The van der Waals surface area contributed by atoms with E-state index in [9.17, 15) is 4.79 Å². The molecule has 1 aliphatic rings. The van der Waals surface area contributed by atoms with Gasteiger partial charge < -0.3 is 10.2 Å². The molecule has 1 fully saturated rings. The van der Waals surface area contributed by atoms with Crippen LogP contribution in [-0.4, -0.2) is 35.0 Å². The van der Waals surface area contributed by atoms with E-state index in [0.717, 1.165) is 28.1 Å². The fraction of sp³-hybridized carbons (Fsp3) is 0.360. The van der Waals surface area contributed by atoms with Crippen molar-refractivity contribution in [3.05, 3.63) is 60.4 Å². The summed E-state index contributed by atoms with van der Waals surface area (Å²) in [5.41, 5.74) is 4.64. The zero-order valence-electron chi connectivity index (χ0n) is 18.2. The molecule has 3 aromatic rings. The monoisotopic (exact) mass is 415 g/mol. The number of benzene rings is 1. The van der Waals surface area contributed by atoms with E-state index < -0.39 is 0 Å². The highest BCUT2D eigenvalue weighted by molar-refractivity contribution is 5.79. The molecule has 0 radical (unpaired) electrons. The van der Waals surface area contributed by atoms with Crippen LogP contribution < -0.4 is 10.2 Å². The van der Waals surface area contributed by atoms with E-state index in [1.807, 2.05) is 67.7 Å². The summed E-state index contributed by atoms with van der Waals surface area (Å²) in [6, 6.07) is 14.0. The van der Waals surface area contributed by atoms with Crippen LogP contribution in [0.4, 0.5) is 5.95 Å². The van der Waals surface area contributed by atoms with Crippen molar-refractivity contribution in [2.75, 3.05) is 19.0 Å². The van der Waals surface area contributed by atoms with Crippen LogP contribution in [-0.2, 0) is 11.3 Å². The van der Waals surface area contributed by atoms with Gasteiger partial charge in [0, 0.05) is 50.6 Å². The summed E-state index contributed by atoms with van der Waals surface area (Å²) in [7, 11) is 3.85. The first-order valence-corrected chi connectivity index (χ1v) is 10.9. The van der Waals surface area contributed by atoms with E-state index in [1.54, 1.807) is 6.20 Å². The summed E-state index contributed by atoms with van der Waals surface area (Å²) < 4.78 is 0. The number of nitrogens with zero attached hydrogens (tertiary/aromatic N) is 4. The summed E-state index contributed by atoms with van der Waals surface area (Å²) in [6.45, 7) is 0.547. The van der Waals surface area contributed by atoms with E-state index in [2.05, 4.69) is 15.3 Å². The van der Waals surface area contributed by atoms with Gasteiger partial charge in [0.15, 0.2) is 0 Å². The third kappa shape index (κ3) is 5.26. The van der Waals surface area contributed by atoms with Gasteiger partial charge in [-0.3, -0.25) is 9.78 Å². The number of hydrogen-bond acceptors (Lipinski definition) is 5. The molecule has 0 aliphatic heterocycles. The predicted molar refractivity (Wildman–Crippen MR) is 123 cm³/mol. The van der Waals surface area contributed by atoms with Crippen molar-refractivity contribution in [2.24, 2.45) is 5.92 Å². The molecule has 0 spiro atoms. The predicted octanol–water partition coefficient (Wildman–Crippen LogP) is 4.47. The Morgan fingerprint density at radius 3 is 2.52 bits per heavy atom. The van der Waals surface area contributed by atoms with Crippen LogP contribution in [0, 0.1) is 5.92 Å². The van der Waals surface area contributed by atoms with Crippen molar-refractivity contribution in [2.45, 2.75) is 38.6 Å². The Hall–Kier alpha value is -3.28. The highest BCUT2D eigenvalue weighted by Crippen LogP contribution is 2.30. The number of rotatable bonds is 7. The molecular weight excluding hydrogens is 386 g/mol. The molecule has 2 heterocycles. The van der Waals surface area contributed by atoms with Gasteiger partial charge in [0.2, 0.25) is 11.9 Å². The van der Waals surface area contributed by atoms with Crippen LogP contribution in [0.1, 0.15) is 37.7 Å². The summed E-state index contributed by atoms with van der Waals surface area (Å²) in [6.07, 6.45) is 9.16. The Balaban J connectivity index is 1.51. The average Bonchev–Trinajstić information content (AvgIpc) is 3.31. The topological polar surface area (TPSA) is 71.0 Å². The number of pyridine rings is 1. The first kappa shape index (κ1) is 21.0. The molecule has 0 atom stereocenters. The standard InChI is InChI=1S/C25H29N5O/c1-30(2)25-28-17-21(22-9-5-6-14-26-22)24(29-25)20-12-10-19(11-13-20)16-27-23(31)15-18-7-3-4-8-18/h5-6,9-14,17-18H,3-4,7-8,15-16H2,1-2H3,(H,27,31). The fourth-order valence-electron chi connectivity index (χ4n) is 4.05. The molecule has 4 rings (SSSR count). The fourth-order valence-corrected chi connectivity index (χ4v) is 4.05. The van der Waals surface area contributed by atoms with Crippen LogP contribution in [0.15, 0.2) is 54.9 Å².